The van der Waals surface area contributed by atoms with Gasteiger partial charge < -0.3 is 15.5 Å². The SMILES string of the molecule is CCCCCc1ccc(C(=O)Nc2ccc(N3CCc4ccccc4C3)c(C(=O)NC3CC3)c2)cc1. The van der Waals surface area contributed by atoms with E-state index in [1.54, 1.807) is 0 Å². The highest BCUT2D eigenvalue weighted by Gasteiger charge is 2.27. The molecule has 0 saturated heterocycles. The van der Waals surface area contributed by atoms with Gasteiger partial charge >= 0.3 is 0 Å². The molecule has 1 saturated carbocycles. The predicted molar refractivity (Wildman–Crippen MR) is 146 cm³/mol. The summed E-state index contributed by atoms with van der Waals surface area (Å²) in [4.78, 5) is 28.4. The first-order valence-corrected chi connectivity index (χ1v) is 13.3. The molecule has 1 aliphatic carbocycles. The Balaban J connectivity index is 1.33. The van der Waals surface area contributed by atoms with Crippen molar-refractivity contribution in [2.45, 2.75) is 64.5 Å². The summed E-state index contributed by atoms with van der Waals surface area (Å²) in [5.74, 6) is -0.234. The molecule has 0 bridgehead atoms. The zero-order valence-electron chi connectivity index (χ0n) is 21.1. The smallest absolute Gasteiger partial charge is 0.255 e. The molecule has 3 aromatic carbocycles. The number of amides is 2. The summed E-state index contributed by atoms with van der Waals surface area (Å²) >= 11 is 0. The van der Waals surface area contributed by atoms with E-state index in [4.69, 9.17) is 0 Å². The monoisotopic (exact) mass is 481 g/mol. The van der Waals surface area contributed by atoms with E-state index in [1.165, 1.54) is 36.0 Å². The third kappa shape index (κ3) is 5.78. The van der Waals surface area contributed by atoms with Crippen LogP contribution in [0.15, 0.2) is 66.7 Å². The van der Waals surface area contributed by atoms with Gasteiger partial charge in [-0.2, -0.15) is 0 Å². The van der Waals surface area contributed by atoms with E-state index >= 15 is 0 Å². The van der Waals surface area contributed by atoms with Crippen molar-refractivity contribution in [3.05, 3.63) is 94.5 Å². The van der Waals surface area contributed by atoms with Gasteiger partial charge in [0.1, 0.15) is 0 Å². The number of hydrogen-bond acceptors (Lipinski definition) is 3. The second-order valence-corrected chi connectivity index (χ2v) is 10.0. The van der Waals surface area contributed by atoms with Gasteiger partial charge in [-0.1, -0.05) is 56.2 Å². The van der Waals surface area contributed by atoms with Gasteiger partial charge in [0.05, 0.1) is 5.56 Å². The molecule has 2 N–H and O–H groups in total. The number of fused-ring (bicyclic) bond motifs is 1. The lowest BCUT2D eigenvalue weighted by Crippen LogP contribution is -2.33. The largest absolute Gasteiger partial charge is 0.366 e. The molecule has 2 aliphatic rings. The highest BCUT2D eigenvalue weighted by atomic mass is 16.2. The molecule has 0 unspecified atom stereocenters. The number of carbonyl (C=O) groups is 2. The Bertz CT molecular complexity index is 1230. The van der Waals surface area contributed by atoms with Crippen LogP contribution in [0.5, 0.6) is 0 Å². The van der Waals surface area contributed by atoms with Crippen molar-refractivity contribution in [1.29, 1.82) is 0 Å². The van der Waals surface area contributed by atoms with Gasteiger partial charge in [-0.15, -0.1) is 0 Å². The van der Waals surface area contributed by atoms with E-state index < -0.39 is 0 Å². The Labute approximate surface area is 213 Å². The Morgan fingerprint density at radius 2 is 1.69 bits per heavy atom. The van der Waals surface area contributed by atoms with E-state index in [9.17, 15) is 9.59 Å². The average molecular weight is 482 g/mol. The van der Waals surface area contributed by atoms with Crippen molar-refractivity contribution in [2.24, 2.45) is 0 Å². The first-order chi connectivity index (χ1) is 17.6. The van der Waals surface area contributed by atoms with E-state index in [1.807, 2.05) is 42.5 Å². The second kappa shape index (κ2) is 11.0. The van der Waals surface area contributed by atoms with E-state index in [0.29, 0.717) is 16.8 Å². The van der Waals surface area contributed by atoms with E-state index in [2.05, 4.69) is 46.7 Å². The Morgan fingerprint density at radius 3 is 2.44 bits per heavy atom. The fraction of sp³-hybridized carbons (Fsp3) is 0.355. The number of unbranched alkanes of at least 4 members (excludes halogenated alkanes) is 2. The predicted octanol–water partition coefficient (Wildman–Crippen LogP) is 6.13. The number of hydrogen-bond donors (Lipinski definition) is 2. The van der Waals surface area contributed by atoms with E-state index in [0.717, 1.165) is 44.5 Å². The molecule has 186 valence electrons. The van der Waals surface area contributed by atoms with Crippen LogP contribution in [0, 0.1) is 0 Å². The van der Waals surface area contributed by atoms with Crippen LogP contribution >= 0.6 is 0 Å². The molecule has 36 heavy (non-hydrogen) atoms. The molecule has 5 nitrogen and oxygen atoms in total. The van der Waals surface area contributed by atoms with Gasteiger partial charge in [-0.05, 0) is 79.1 Å². The number of benzene rings is 3. The summed E-state index contributed by atoms with van der Waals surface area (Å²) in [6, 6.07) is 22.3. The van der Waals surface area contributed by atoms with Crippen LogP contribution in [-0.4, -0.2) is 24.4 Å². The van der Waals surface area contributed by atoms with Crippen molar-refractivity contribution in [2.75, 3.05) is 16.8 Å². The highest BCUT2D eigenvalue weighted by molar-refractivity contribution is 6.06. The van der Waals surface area contributed by atoms with Crippen LogP contribution in [0.3, 0.4) is 0 Å². The molecule has 1 fully saturated rings. The molecule has 1 aliphatic heterocycles. The normalized spacial score (nSPS) is 14.8. The maximum Gasteiger partial charge on any atom is 0.255 e. The minimum absolute atomic E-state index is 0.0705. The van der Waals surface area contributed by atoms with Gasteiger partial charge in [0.2, 0.25) is 0 Å². The molecule has 0 spiro atoms. The zero-order valence-corrected chi connectivity index (χ0v) is 21.1. The fourth-order valence-corrected chi connectivity index (χ4v) is 4.87. The summed E-state index contributed by atoms with van der Waals surface area (Å²) < 4.78 is 0. The lowest BCUT2D eigenvalue weighted by atomic mass is 9.98. The number of aryl methyl sites for hydroxylation is 1. The molecule has 0 radical (unpaired) electrons. The molecule has 2 amide bonds. The van der Waals surface area contributed by atoms with Crippen LogP contribution in [0.2, 0.25) is 0 Å². The number of rotatable bonds is 9. The molecule has 0 aromatic heterocycles. The molecule has 0 atom stereocenters. The van der Waals surface area contributed by atoms with Crippen molar-refractivity contribution in [3.63, 3.8) is 0 Å². The third-order valence-corrected chi connectivity index (χ3v) is 7.17. The zero-order chi connectivity index (χ0) is 24.9. The lowest BCUT2D eigenvalue weighted by molar-refractivity contribution is 0.0950. The maximum absolute atomic E-state index is 13.2. The van der Waals surface area contributed by atoms with Crippen LogP contribution in [0.4, 0.5) is 11.4 Å². The first kappa shape index (κ1) is 24.1. The van der Waals surface area contributed by atoms with Gasteiger partial charge in [-0.3, -0.25) is 9.59 Å². The highest BCUT2D eigenvalue weighted by Crippen LogP contribution is 2.31. The Kier molecular flexibility index (Phi) is 7.36. The fourth-order valence-electron chi connectivity index (χ4n) is 4.87. The quantitative estimate of drug-likeness (QED) is 0.362. The van der Waals surface area contributed by atoms with Crippen molar-refractivity contribution in [3.8, 4) is 0 Å². The van der Waals surface area contributed by atoms with Crippen molar-refractivity contribution >= 4 is 23.2 Å². The minimum Gasteiger partial charge on any atom is -0.366 e. The molecular weight excluding hydrogens is 446 g/mol. The standard InChI is InChI=1S/C31H35N3O2/c1-2-3-4-7-22-10-12-24(13-11-22)30(35)33-27-16-17-29(28(20-27)31(36)32-26-14-15-26)34-19-18-23-8-5-6-9-25(23)21-34/h5-6,8-13,16-17,20,26H,2-4,7,14-15,18-19,21H2,1H3,(H,32,36)(H,33,35). The van der Waals surface area contributed by atoms with Crippen LogP contribution in [0.25, 0.3) is 0 Å². The van der Waals surface area contributed by atoms with E-state index in [-0.39, 0.29) is 17.9 Å². The second-order valence-electron chi connectivity index (χ2n) is 10.0. The summed E-state index contributed by atoms with van der Waals surface area (Å²) in [6.07, 6.45) is 7.64. The number of anilines is 2. The lowest BCUT2D eigenvalue weighted by Gasteiger charge is -2.32. The van der Waals surface area contributed by atoms with Gasteiger partial charge in [0.15, 0.2) is 0 Å². The minimum atomic E-state index is -0.164. The van der Waals surface area contributed by atoms with Crippen LogP contribution < -0.4 is 15.5 Å². The van der Waals surface area contributed by atoms with Crippen molar-refractivity contribution in [1.82, 2.24) is 5.32 Å². The van der Waals surface area contributed by atoms with Gasteiger partial charge in [0, 0.05) is 36.1 Å². The van der Waals surface area contributed by atoms with Crippen LogP contribution in [0.1, 0.15) is 76.4 Å². The Morgan fingerprint density at radius 1 is 0.917 bits per heavy atom. The summed E-state index contributed by atoms with van der Waals surface area (Å²) in [7, 11) is 0. The number of nitrogens with one attached hydrogen (secondary N) is 2. The topological polar surface area (TPSA) is 61.4 Å². The summed E-state index contributed by atoms with van der Waals surface area (Å²) in [5.41, 5.74) is 6.71. The van der Waals surface area contributed by atoms with Crippen LogP contribution in [-0.2, 0) is 19.4 Å². The number of carbonyl (C=O) groups excluding carboxylic acids is 2. The third-order valence-electron chi connectivity index (χ3n) is 7.17. The molecule has 1 heterocycles. The molecule has 3 aromatic rings. The van der Waals surface area contributed by atoms with Crippen molar-refractivity contribution < 1.29 is 9.59 Å². The molecular formula is C31H35N3O2. The molecule has 5 heteroatoms. The maximum atomic E-state index is 13.2. The average Bonchev–Trinajstić information content (AvgIpc) is 3.73. The summed E-state index contributed by atoms with van der Waals surface area (Å²) in [6.45, 7) is 3.83. The molecule has 5 rings (SSSR count). The first-order valence-electron chi connectivity index (χ1n) is 13.3. The summed E-state index contributed by atoms with van der Waals surface area (Å²) in [5, 5.41) is 6.13. The number of nitrogens with zero attached hydrogens (tertiary/aromatic N) is 1. The van der Waals surface area contributed by atoms with Gasteiger partial charge in [-0.25, -0.2) is 0 Å². The Hall–Kier alpha value is -3.60. The van der Waals surface area contributed by atoms with Gasteiger partial charge in [0.25, 0.3) is 11.8 Å².